The number of nitrogens with zero attached hydrogens (tertiary/aromatic N) is 3. The minimum absolute atomic E-state index is 0.0223. The Morgan fingerprint density at radius 3 is 1.83 bits per heavy atom. The van der Waals surface area contributed by atoms with Crippen molar-refractivity contribution >= 4 is 94.8 Å². The maximum atomic E-state index is 2.81. The molecule has 4 aliphatic rings. The van der Waals surface area contributed by atoms with Gasteiger partial charge in [0.2, 0.25) is 0 Å². The zero-order chi connectivity index (χ0) is 55.9. The van der Waals surface area contributed by atoms with Crippen LogP contribution in [-0.2, 0) is 28.1 Å². The van der Waals surface area contributed by atoms with Crippen LogP contribution in [0, 0.1) is 13.8 Å². The highest BCUT2D eigenvalue weighted by molar-refractivity contribution is 7.26. The van der Waals surface area contributed by atoms with Gasteiger partial charge in [0.05, 0.1) is 10.4 Å². The molecule has 2 aliphatic heterocycles. The maximum Gasteiger partial charge on any atom is 0.333 e. The lowest BCUT2D eigenvalue weighted by molar-refractivity contribution is 0.332. The molecule has 0 spiro atoms. The van der Waals surface area contributed by atoms with E-state index < -0.39 is 0 Å². The van der Waals surface area contributed by atoms with Crippen LogP contribution >= 0.6 is 11.3 Å². The molecule has 0 saturated carbocycles. The van der Waals surface area contributed by atoms with Gasteiger partial charge in [0.25, 0.3) is 0 Å². The van der Waals surface area contributed by atoms with Gasteiger partial charge >= 0.3 is 6.85 Å². The molecule has 3 nitrogen and oxygen atoms in total. The molecule has 0 bridgehead atoms. The third-order valence-electron chi connectivity index (χ3n) is 19.7. The lowest BCUT2D eigenvalue weighted by Gasteiger charge is -2.48. The fourth-order valence-corrected chi connectivity index (χ4v) is 16.0. The second kappa shape index (κ2) is 18.9. The number of hydrogen-bond acceptors (Lipinski definition) is 4. The van der Waals surface area contributed by atoms with E-state index >= 15 is 0 Å². The first kappa shape index (κ1) is 51.8. The zero-order valence-corrected chi connectivity index (χ0v) is 50.3. The van der Waals surface area contributed by atoms with E-state index in [9.17, 15) is 0 Å². The second-order valence-electron chi connectivity index (χ2n) is 27.0. The van der Waals surface area contributed by atoms with Crippen LogP contribution in [0.3, 0.4) is 0 Å². The molecule has 0 unspecified atom stereocenters. The molecule has 14 rings (SSSR count). The summed E-state index contributed by atoms with van der Waals surface area (Å²) in [6.07, 6.45) is 8.11. The molecule has 3 heterocycles. The Kier molecular flexibility index (Phi) is 12.1. The summed E-state index contributed by atoms with van der Waals surface area (Å²) in [6.45, 7) is 26.6. The Balaban J connectivity index is 1.07. The number of anilines is 8. The number of hydrogen-bond donors (Lipinski definition) is 0. The first-order chi connectivity index (χ1) is 38.9. The summed E-state index contributed by atoms with van der Waals surface area (Å²) in [5.41, 5.74) is 27.6. The molecule has 2 aliphatic carbocycles. The van der Waals surface area contributed by atoms with Gasteiger partial charge < -0.3 is 14.6 Å². The topological polar surface area (TPSA) is 9.72 Å². The third-order valence-corrected chi connectivity index (χ3v) is 20.9. The van der Waals surface area contributed by atoms with Crippen molar-refractivity contribution in [3.63, 3.8) is 0 Å². The van der Waals surface area contributed by atoms with Gasteiger partial charge in [0, 0.05) is 60.8 Å². The van der Waals surface area contributed by atoms with Crippen molar-refractivity contribution in [3.8, 4) is 22.3 Å². The molecular formula is C76H76BN3S. The van der Waals surface area contributed by atoms with Gasteiger partial charge in [-0.1, -0.05) is 178 Å². The highest BCUT2D eigenvalue weighted by Gasteiger charge is 2.48. The lowest BCUT2D eigenvalue weighted by Crippen LogP contribution is -2.61. The Hall–Kier alpha value is -7.34. The molecule has 5 heteroatoms. The van der Waals surface area contributed by atoms with E-state index in [2.05, 4.69) is 267 Å². The minimum Gasteiger partial charge on any atom is -0.375 e. The molecule has 81 heavy (non-hydrogen) atoms. The zero-order valence-electron chi connectivity index (χ0n) is 49.5. The molecule has 0 radical (unpaired) electrons. The average molecular weight is 1070 g/mol. The van der Waals surface area contributed by atoms with E-state index in [0.717, 1.165) is 36.3 Å². The monoisotopic (exact) mass is 1070 g/mol. The van der Waals surface area contributed by atoms with Crippen LogP contribution < -0.4 is 25.5 Å². The van der Waals surface area contributed by atoms with E-state index in [4.69, 9.17) is 0 Å². The normalized spacial score (nSPS) is 16.9. The highest BCUT2D eigenvalue weighted by atomic mass is 32.1. The number of fused-ring (bicyclic) bond motifs is 10. The van der Waals surface area contributed by atoms with Crippen LogP contribution in [0.1, 0.15) is 140 Å². The Morgan fingerprint density at radius 1 is 0.506 bits per heavy atom. The van der Waals surface area contributed by atoms with E-state index in [0.29, 0.717) is 0 Å². The summed E-state index contributed by atoms with van der Waals surface area (Å²) in [6, 6.07) is 68.7. The summed E-state index contributed by atoms with van der Waals surface area (Å²) in [4.78, 5) is 8.02. The van der Waals surface area contributed by atoms with Crippen molar-refractivity contribution in [1.82, 2.24) is 0 Å². The van der Waals surface area contributed by atoms with Gasteiger partial charge in [-0.2, -0.15) is 0 Å². The number of benzene rings is 9. The van der Waals surface area contributed by atoms with Crippen LogP contribution in [0.4, 0.5) is 45.5 Å². The van der Waals surface area contributed by atoms with Crippen molar-refractivity contribution in [3.05, 3.63) is 215 Å². The van der Waals surface area contributed by atoms with Crippen molar-refractivity contribution < 1.29 is 0 Å². The molecular weight excluding hydrogens is 998 g/mol. The molecule has 0 saturated heterocycles. The highest BCUT2D eigenvalue weighted by Crippen LogP contribution is 2.56. The van der Waals surface area contributed by atoms with E-state index in [-0.39, 0.29) is 28.5 Å². The van der Waals surface area contributed by atoms with Gasteiger partial charge in [0.15, 0.2) is 0 Å². The van der Waals surface area contributed by atoms with Gasteiger partial charge in [-0.05, 0) is 207 Å². The summed E-state index contributed by atoms with van der Waals surface area (Å²) >= 11 is 1.96. The number of rotatable bonds is 9. The van der Waals surface area contributed by atoms with Crippen LogP contribution in [0.15, 0.2) is 176 Å². The molecule has 0 N–H and O–H groups in total. The largest absolute Gasteiger partial charge is 0.375 e. The Labute approximate surface area is 486 Å². The van der Waals surface area contributed by atoms with Gasteiger partial charge in [-0.15, -0.1) is 11.3 Å². The molecule has 10 aromatic rings. The average Bonchev–Trinajstić information content (AvgIpc) is 2.48. The predicted octanol–water partition coefficient (Wildman–Crippen LogP) is 20.6. The molecule has 1 aromatic heterocycles. The predicted molar refractivity (Wildman–Crippen MR) is 352 cm³/mol. The van der Waals surface area contributed by atoms with Crippen molar-refractivity contribution in [2.75, 3.05) is 14.6 Å². The molecule has 0 amide bonds. The Bertz CT molecular complexity index is 4140. The van der Waals surface area contributed by atoms with Crippen LogP contribution in [0.25, 0.3) is 42.4 Å². The molecule has 0 atom stereocenters. The maximum absolute atomic E-state index is 2.81. The smallest absolute Gasteiger partial charge is 0.333 e. The first-order valence-electron chi connectivity index (χ1n) is 30.1. The van der Waals surface area contributed by atoms with Crippen molar-refractivity contribution in [2.24, 2.45) is 0 Å². The molecule has 0 fully saturated rings. The summed E-state index contributed by atoms with van der Waals surface area (Å²) in [5.74, 6) is 0. The summed E-state index contributed by atoms with van der Waals surface area (Å²) < 4.78 is 2.68. The summed E-state index contributed by atoms with van der Waals surface area (Å²) in [5, 5.41) is 2.65. The third kappa shape index (κ3) is 8.33. The fourth-order valence-electron chi connectivity index (χ4n) is 14.8. The quantitative estimate of drug-likeness (QED) is 0.133. The molecule has 404 valence electrons. The van der Waals surface area contributed by atoms with Crippen molar-refractivity contribution in [2.45, 2.75) is 143 Å². The molecule has 9 aromatic carbocycles. The summed E-state index contributed by atoms with van der Waals surface area (Å²) in [7, 11) is 0. The number of aryl methyl sites for hydroxylation is 3. The van der Waals surface area contributed by atoms with E-state index in [1.165, 1.54) is 146 Å². The van der Waals surface area contributed by atoms with Crippen LogP contribution in [-0.4, -0.2) is 6.85 Å². The second-order valence-corrected chi connectivity index (χ2v) is 28.1. The standard InChI is InChI=1S/C76H76BN3S/c1-12-13-19-50-24-28-53(29-25-50)78(54-30-26-52(27-31-54)51-20-15-14-16-21-51)55-33-37-65-67(46-55)79(66-47-64-62(44-49(66)3)74(6,7)40-41-76(64,10)11)68-43-48(2)42-60-58-34-35-59-57-22-17-18-23-69(57)81-72(59)71(58)80(77(65)70(60)68)56-32-36-61-63(45-56)75(8,9)39-38-73(61,4)5/h14-18,20-37,42-47H,12-13,19,38-41H2,1-11H3. The van der Waals surface area contributed by atoms with Gasteiger partial charge in [-0.3, -0.25) is 0 Å². The minimum atomic E-state index is -0.137. The fraction of sp³-hybridized carbons (Fsp3) is 0.289. The number of unbranched alkanes of at least 4 members (excludes halogenated alkanes) is 1. The van der Waals surface area contributed by atoms with Crippen LogP contribution in [0.5, 0.6) is 0 Å². The van der Waals surface area contributed by atoms with E-state index in [1.54, 1.807) is 0 Å². The van der Waals surface area contributed by atoms with Crippen LogP contribution in [0.2, 0.25) is 0 Å². The van der Waals surface area contributed by atoms with Crippen molar-refractivity contribution in [1.29, 1.82) is 0 Å². The SMILES string of the molecule is CCCCc1ccc(N(c2ccc(-c3ccccc3)cc2)c2ccc3c(c2)N(c2cc4c(cc2C)C(C)(C)CCC4(C)C)c2cc(C)cc4c2B3N(c2ccc3c(c2)C(C)(C)CCC3(C)C)c2c-4ccc3c2sc2ccccc23)cc1. The van der Waals surface area contributed by atoms with E-state index in [1.807, 2.05) is 11.3 Å². The van der Waals surface area contributed by atoms with Gasteiger partial charge in [0.1, 0.15) is 0 Å². The van der Waals surface area contributed by atoms with Gasteiger partial charge in [-0.25, -0.2) is 0 Å². The Morgan fingerprint density at radius 2 is 1.12 bits per heavy atom. The first-order valence-corrected chi connectivity index (χ1v) is 30.9. The number of thiophene rings is 1. The lowest BCUT2D eigenvalue weighted by atomic mass is 9.43.